The Hall–Kier alpha value is -2.31. The summed E-state index contributed by atoms with van der Waals surface area (Å²) < 4.78 is 28.0. The summed E-state index contributed by atoms with van der Waals surface area (Å²) in [5, 5.41) is 16.5. The highest BCUT2D eigenvalue weighted by Crippen LogP contribution is 2.21. The highest BCUT2D eigenvalue weighted by atomic mass is 19.3. The molecule has 0 aliphatic rings. The summed E-state index contributed by atoms with van der Waals surface area (Å²) in [5.74, 6) is -0.676. The summed E-state index contributed by atoms with van der Waals surface area (Å²) >= 11 is 0. The minimum Gasteiger partial charge on any atom is -0.510 e. The van der Waals surface area contributed by atoms with Crippen LogP contribution in [-0.4, -0.2) is 17.5 Å². The van der Waals surface area contributed by atoms with Gasteiger partial charge in [-0.1, -0.05) is 0 Å². The molecule has 0 spiro atoms. The van der Waals surface area contributed by atoms with Gasteiger partial charge in [-0.15, -0.1) is 5.11 Å². The molecule has 0 heterocycles. The number of nitrogens with zero attached hydrogens (tertiary/aromatic N) is 2. The van der Waals surface area contributed by atoms with Gasteiger partial charge in [0.05, 0.1) is 5.69 Å². The standard InChI is InChI=1S/C12H12F2N2O3/c1-7(17)11(8(2)18)16-15-9-3-5-10(6-4-9)19-12(13)14/h3-6,12,17H,1-2H3. The lowest BCUT2D eigenvalue weighted by Crippen LogP contribution is -2.01. The first-order chi connectivity index (χ1) is 8.90. The maximum atomic E-state index is 11.9. The Morgan fingerprint density at radius 1 is 1.26 bits per heavy atom. The Balaban J connectivity index is 2.83. The van der Waals surface area contributed by atoms with Gasteiger partial charge in [0, 0.05) is 6.92 Å². The fourth-order valence-electron chi connectivity index (χ4n) is 1.20. The number of carbonyl (C=O) groups excluding carboxylic acids is 1. The third kappa shape index (κ3) is 4.82. The van der Waals surface area contributed by atoms with Gasteiger partial charge in [0.15, 0.2) is 11.5 Å². The molecule has 1 aromatic carbocycles. The van der Waals surface area contributed by atoms with E-state index in [9.17, 15) is 18.7 Å². The van der Waals surface area contributed by atoms with E-state index in [0.717, 1.165) is 0 Å². The van der Waals surface area contributed by atoms with Crippen molar-refractivity contribution in [1.29, 1.82) is 0 Å². The molecule has 0 aromatic heterocycles. The monoisotopic (exact) mass is 270 g/mol. The van der Waals surface area contributed by atoms with E-state index in [4.69, 9.17) is 0 Å². The van der Waals surface area contributed by atoms with Crippen molar-refractivity contribution in [1.82, 2.24) is 0 Å². The van der Waals surface area contributed by atoms with Crippen LogP contribution in [0.2, 0.25) is 0 Å². The molecule has 0 fully saturated rings. The second-order valence-corrected chi connectivity index (χ2v) is 3.56. The van der Waals surface area contributed by atoms with Gasteiger partial charge in [-0.2, -0.15) is 13.9 Å². The molecular formula is C12H12F2N2O3. The van der Waals surface area contributed by atoms with Crippen LogP contribution >= 0.6 is 0 Å². The molecule has 102 valence electrons. The van der Waals surface area contributed by atoms with Gasteiger partial charge in [0.25, 0.3) is 0 Å². The number of allylic oxidation sites excluding steroid dienone is 2. The van der Waals surface area contributed by atoms with Gasteiger partial charge >= 0.3 is 6.61 Å². The van der Waals surface area contributed by atoms with Crippen molar-refractivity contribution >= 4 is 11.5 Å². The summed E-state index contributed by atoms with van der Waals surface area (Å²) in [6, 6.07) is 5.38. The number of aliphatic hydroxyl groups excluding tert-OH is 1. The van der Waals surface area contributed by atoms with Crippen LogP contribution < -0.4 is 4.74 Å². The van der Waals surface area contributed by atoms with Crippen molar-refractivity contribution < 1.29 is 23.4 Å². The summed E-state index contributed by atoms with van der Waals surface area (Å²) in [5.41, 5.74) is 0.175. The second-order valence-electron chi connectivity index (χ2n) is 3.56. The van der Waals surface area contributed by atoms with Gasteiger partial charge < -0.3 is 9.84 Å². The van der Waals surface area contributed by atoms with Crippen molar-refractivity contribution in [2.24, 2.45) is 10.2 Å². The largest absolute Gasteiger partial charge is 0.510 e. The maximum Gasteiger partial charge on any atom is 0.387 e. The highest BCUT2D eigenvalue weighted by Gasteiger charge is 2.07. The molecule has 19 heavy (non-hydrogen) atoms. The summed E-state index contributed by atoms with van der Waals surface area (Å²) in [7, 11) is 0. The van der Waals surface area contributed by atoms with Crippen molar-refractivity contribution in [3.8, 4) is 5.75 Å². The first-order valence-corrected chi connectivity index (χ1v) is 5.27. The van der Waals surface area contributed by atoms with Crippen LogP contribution in [0.4, 0.5) is 14.5 Å². The number of benzene rings is 1. The Labute approximate surface area is 108 Å². The molecule has 0 saturated carbocycles. The van der Waals surface area contributed by atoms with Crippen molar-refractivity contribution in [2.45, 2.75) is 20.5 Å². The lowest BCUT2D eigenvalue weighted by molar-refractivity contribution is -0.113. The number of alkyl halides is 2. The Bertz CT molecular complexity index is 506. The normalized spacial score (nSPS) is 12.7. The predicted molar refractivity (Wildman–Crippen MR) is 63.6 cm³/mol. The quantitative estimate of drug-likeness (QED) is 0.503. The molecule has 5 nitrogen and oxygen atoms in total. The number of Topliss-reactive ketones (excluding diaryl/α,β-unsaturated/α-hetero) is 1. The maximum absolute atomic E-state index is 11.9. The number of halogens is 2. The van der Waals surface area contributed by atoms with Crippen LogP contribution in [0.15, 0.2) is 46.0 Å². The number of azo groups is 1. The molecule has 0 bridgehead atoms. The molecule has 7 heteroatoms. The summed E-state index contributed by atoms with van der Waals surface area (Å²) in [4.78, 5) is 11.1. The van der Waals surface area contributed by atoms with Crippen LogP contribution in [0, 0.1) is 0 Å². The number of hydrogen-bond donors (Lipinski definition) is 1. The molecule has 1 N–H and O–H groups in total. The number of ether oxygens (including phenoxy) is 1. The number of carbonyl (C=O) groups is 1. The van der Waals surface area contributed by atoms with Crippen LogP contribution in [0.5, 0.6) is 5.75 Å². The summed E-state index contributed by atoms with van der Waals surface area (Å²) in [6.07, 6.45) is 0. The van der Waals surface area contributed by atoms with E-state index in [1.807, 2.05) is 0 Å². The molecule has 0 aliphatic heterocycles. The highest BCUT2D eigenvalue weighted by molar-refractivity contribution is 5.93. The van der Waals surface area contributed by atoms with Gasteiger partial charge in [-0.05, 0) is 31.2 Å². The zero-order valence-corrected chi connectivity index (χ0v) is 10.3. The molecule has 1 rings (SSSR count). The van der Waals surface area contributed by atoms with Crippen LogP contribution in [0.1, 0.15) is 13.8 Å². The second kappa shape index (κ2) is 6.58. The molecule has 0 radical (unpaired) electrons. The van der Waals surface area contributed by atoms with Gasteiger partial charge in [-0.25, -0.2) is 0 Å². The smallest absolute Gasteiger partial charge is 0.387 e. The lowest BCUT2D eigenvalue weighted by atomic mass is 10.3. The molecule has 0 amide bonds. The average molecular weight is 270 g/mol. The SMILES string of the molecule is CC(=O)C(N=Nc1ccc(OC(F)F)cc1)=C(C)O. The van der Waals surface area contributed by atoms with E-state index in [1.54, 1.807) is 0 Å². The zero-order valence-electron chi connectivity index (χ0n) is 10.3. The van der Waals surface area contributed by atoms with Gasteiger partial charge in [0.2, 0.25) is 0 Å². The van der Waals surface area contributed by atoms with Crippen molar-refractivity contribution in [3.63, 3.8) is 0 Å². The van der Waals surface area contributed by atoms with Crippen LogP contribution in [0.25, 0.3) is 0 Å². The van der Waals surface area contributed by atoms with E-state index in [1.165, 1.54) is 38.1 Å². The molecule has 0 aliphatic carbocycles. The lowest BCUT2D eigenvalue weighted by Gasteiger charge is -2.03. The fourth-order valence-corrected chi connectivity index (χ4v) is 1.20. The fraction of sp³-hybridized carbons (Fsp3) is 0.250. The van der Waals surface area contributed by atoms with E-state index in [0.29, 0.717) is 5.69 Å². The summed E-state index contributed by atoms with van der Waals surface area (Å²) in [6.45, 7) is -0.333. The van der Waals surface area contributed by atoms with Gasteiger partial charge in [-0.3, -0.25) is 4.79 Å². The van der Waals surface area contributed by atoms with E-state index in [-0.39, 0.29) is 17.2 Å². The molecule has 0 saturated heterocycles. The number of ketones is 1. The van der Waals surface area contributed by atoms with Crippen molar-refractivity contribution in [2.75, 3.05) is 0 Å². The topological polar surface area (TPSA) is 71.2 Å². The van der Waals surface area contributed by atoms with Crippen LogP contribution in [-0.2, 0) is 4.79 Å². The Morgan fingerprint density at radius 3 is 2.26 bits per heavy atom. The average Bonchev–Trinajstić information content (AvgIpc) is 2.29. The molecular weight excluding hydrogens is 258 g/mol. The van der Waals surface area contributed by atoms with Gasteiger partial charge in [0.1, 0.15) is 11.5 Å². The Kier molecular flexibility index (Phi) is 5.11. The molecule has 0 atom stereocenters. The van der Waals surface area contributed by atoms with E-state index < -0.39 is 12.4 Å². The first kappa shape index (κ1) is 14.7. The zero-order chi connectivity index (χ0) is 14.4. The molecule has 0 unspecified atom stereocenters. The minimum absolute atomic E-state index is 0.00498. The number of hydrogen-bond acceptors (Lipinski definition) is 5. The van der Waals surface area contributed by atoms with Crippen molar-refractivity contribution in [3.05, 3.63) is 35.7 Å². The third-order valence-electron chi connectivity index (χ3n) is 2.00. The minimum atomic E-state index is -2.89. The number of rotatable bonds is 5. The number of aliphatic hydroxyl groups is 1. The first-order valence-electron chi connectivity index (χ1n) is 5.27. The van der Waals surface area contributed by atoms with E-state index >= 15 is 0 Å². The predicted octanol–water partition coefficient (Wildman–Crippen LogP) is 3.75. The Morgan fingerprint density at radius 2 is 1.84 bits per heavy atom. The molecule has 1 aromatic rings. The third-order valence-corrected chi connectivity index (χ3v) is 2.00. The van der Waals surface area contributed by atoms with E-state index in [2.05, 4.69) is 15.0 Å². The van der Waals surface area contributed by atoms with Crippen LogP contribution in [0.3, 0.4) is 0 Å².